The van der Waals surface area contributed by atoms with E-state index in [1.165, 1.54) is 0 Å². The zero-order chi connectivity index (χ0) is 16.2. The highest BCUT2D eigenvalue weighted by atomic mass is 16.5. The zero-order valence-electron chi connectivity index (χ0n) is 11.1. The van der Waals surface area contributed by atoms with Crippen LogP contribution in [-0.2, 0) is 32.2 Å². The first-order valence-corrected chi connectivity index (χ1v) is 5.41. The molecule has 0 saturated heterocycles. The minimum Gasteiger partial charge on any atom is -0.493 e. The molecule has 0 spiro atoms. The third kappa shape index (κ3) is 3.13. The number of aromatic hydroxyl groups is 1. The third-order valence-electron chi connectivity index (χ3n) is 2.50. The van der Waals surface area contributed by atoms with Crippen molar-refractivity contribution in [3.8, 4) is 5.88 Å². The van der Waals surface area contributed by atoms with Crippen LogP contribution >= 0.6 is 0 Å². The van der Waals surface area contributed by atoms with Crippen LogP contribution in [0.2, 0.25) is 0 Å². The first kappa shape index (κ1) is 16.1. The van der Waals surface area contributed by atoms with Gasteiger partial charge in [-0.2, -0.15) is 0 Å². The molecule has 1 aromatic heterocycles. The molecular weight excluding hydrogens is 290 g/mol. The van der Waals surface area contributed by atoms with E-state index in [1.807, 2.05) is 0 Å². The van der Waals surface area contributed by atoms with Gasteiger partial charge in [-0.15, -0.1) is 4.91 Å². The smallest absolute Gasteiger partial charge is 0.335 e. The minimum atomic E-state index is -1.28. The van der Waals surface area contributed by atoms with E-state index in [2.05, 4.69) is 14.7 Å². The number of carbonyl (C=O) groups is 2. The minimum absolute atomic E-state index is 0.311. The lowest BCUT2D eigenvalue weighted by atomic mass is 10.4. The molecule has 1 rings (SSSR count). The highest BCUT2D eigenvalue weighted by Gasteiger charge is 2.22. The van der Waals surface area contributed by atoms with Gasteiger partial charge < -0.3 is 14.6 Å². The van der Waals surface area contributed by atoms with E-state index in [-0.39, 0.29) is 0 Å². The Labute approximate surface area is 116 Å². The van der Waals surface area contributed by atoms with Gasteiger partial charge in [0.1, 0.15) is 13.1 Å². The largest absolute Gasteiger partial charge is 0.493 e. The number of rotatable bonds is 5. The standard InChI is InChI=1S/C10H11N3O8/c1-20-5(14)3-12-8(16)7(11-19)9(17)13(10(12)18)4-6(15)21-2/h16H,3-4H2,1-2H3. The summed E-state index contributed by atoms with van der Waals surface area (Å²) in [6.07, 6.45) is 0. The lowest BCUT2D eigenvalue weighted by molar-refractivity contribution is -0.141. The summed E-state index contributed by atoms with van der Waals surface area (Å²) in [5, 5.41) is 11.9. The van der Waals surface area contributed by atoms with Crippen molar-refractivity contribution >= 4 is 17.6 Å². The average Bonchev–Trinajstić information content (AvgIpc) is 2.47. The first-order valence-electron chi connectivity index (χ1n) is 5.41. The van der Waals surface area contributed by atoms with Crippen LogP contribution in [0.15, 0.2) is 14.8 Å². The van der Waals surface area contributed by atoms with Gasteiger partial charge in [0.2, 0.25) is 11.6 Å². The molecular formula is C10H11N3O8. The van der Waals surface area contributed by atoms with Crippen LogP contribution in [0.3, 0.4) is 0 Å². The van der Waals surface area contributed by atoms with Gasteiger partial charge in [-0.1, -0.05) is 0 Å². The van der Waals surface area contributed by atoms with Crippen molar-refractivity contribution in [3.63, 3.8) is 0 Å². The van der Waals surface area contributed by atoms with Crippen LogP contribution in [0.1, 0.15) is 0 Å². The molecule has 0 aromatic carbocycles. The van der Waals surface area contributed by atoms with Crippen molar-refractivity contribution in [1.82, 2.24) is 9.13 Å². The molecule has 0 aliphatic carbocycles. The topological polar surface area (TPSA) is 146 Å². The van der Waals surface area contributed by atoms with E-state index < -0.39 is 47.8 Å². The Hall–Kier alpha value is -2.98. The monoisotopic (exact) mass is 301 g/mol. The van der Waals surface area contributed by atoms with Gasteiger partial charge in [0.15, 0.2) is 0 Å². The highest BCUT2D eigenvalue weighted by molar-refractivity contribution is 5.70. The molecule has 0 aliphatic rings. The normalized spacial score (nSPS) is 10.0. The van der Waals surface area contributed by atoms with Crippen molar-refractivity contribution in [3.05, 3.63) is 25.7 Å². The predicted molar refractivity (Wildman–Crippen MR) is 66.1 cm³/mol. The number of ether oxygens (including phenoxy) is 2. The van der Waals surface area contributed by atoms with Gasteiger partial charge in [0.05, 0.1) is 14.2 Å². The molecule has 0 aliphatic heterocycles. The van der Waals surface area contributed by atoms with Crippen LogP contribution in [-0.4, -0.2) is 40.4 Å². The van der Waals surface area contributed by atoms with Crippen molar-refractivity contribution in [2.45, 2.75) is 13.1 Å². The van der Waals surface area contributed by atoms with Crippen LogP contribution < -0.4 is 11.2 Å². The number of nitrogens with zero attached hydrogens (tertiary/aromatic N) is 3. The second-order valence-electron chi connectivity index (χ2n) is 3.68. The molecule has 114 valence electrons. The Bertz CT molecular complexity index is 701. The molecule has 0 unspecified atom stereocenters. The molecule has 0 amide bonds. The summed E-state index contributed by atoms with van der Waals surface area (Å²) in [6.45, 7) is -1.58. The summed E-state index contributed by atoms with van der Waals surface area (Å²) in [7, 11) is 2.06. The molecule has 21 heavy (non-hydrogen) atoms. The van der Waals surface area contributed by atoms with Gasteiger partial charge in [0.25, 0.3) is 5.56 Å². The van der Waals surface area contributed by atoms with Crippen LogP contribution in [0.25, 0.3) is 0 Å². The molecule has 0 atom stereocenters. The predicted octanol–water partition coefficient (Wildman–Crippen LogP) is -1.54. The number of carbonyl (C=O) groups excluding carboxylic acids is 2. The fourth-order valence-corrected chi connectivity index (χ4v) is 1.42. The summed E-state index contributed by atoms with van der Waals surface area (Å²) >= 11 is 0. The Balaban J connectivity index is 3.58. The number of nitroso groups, excluding NO2 is 1. The fourth-order valence-electron chi connectivity index (χ4n) is 1.42. The van der Waals surface area contributed by atoms with E-state index in [1.54, 1.807) is 0 Å². The molecule has 11 nitrogen and oxygen atoms in total. The quantitative estimate of drug-likeness (QED) is 0.508. The second kappa shape index (κ2) is 6.45. The summed E-state index contributed by atoms with van der Waals surface area (Å²) in [5.74, 6) is -2.96. The summed E-state index contributed by atoms with van der Waals surface area (Å²) in [5.41, 5.74) is -3.48. The lowest BCUT2D eigenvalue weighted by Gasteiger charge is -2.11. The molecule has 1 N–H and O–H groups in total. The molecule has 0 bridgehead atoms. The van der Waals surface area contributed by atoms with Crippen LogP contribution in [0.5, 0.6) is 5.88 Å². The average molecular weight is 301 g/mol. The first-order chi connectivity index (χ1) is 9.87. The van der Waals surface area contributed by atoms with Crippen molar-refractivity contribution in [1.29, 1.82) is 0 Å². The molecule has 0 radical (unpaired) electrons. The highest BCUT2D eigenvalue weighted by Crippen LogP contribution is 2.19. The van der Waals surface area contributed by atoms with Crippen molar-refractivity contribution in [2.24, 2.45) is 5.18 Å². The van der Waals surface area contributed by atoms with Gasteiger partial charge in [0, 0.05) is 0 Å². The zero-order valence-corrected chi connectivity index (χ0v) is 11.1. The fraction of sp³-hybridized carbons (Fsp3) is 0.400. The van der Waals surface area contributed by atoms with E-state index in [0.717, 1.165) is 14.2 Å². The van der Waals surface area contributed by atoms with E-state index in [4.69, 9.17) is 0 Å². The Morgan fingerprint density at radius 2 is 1.57 bits per heavy atom. The SMILES string of the molecule is COC(=O)Cn1c(O)c(N=O)c(=O)n(CC(=O)OC)c1=O. The van der Waals surface area contributed by atoms with Crippen molar-refractivity contribution in [2.75, 3.05) is 14.2 Å². The summed E-state index contributed by atoms with van der Waals surface area (Å²) in [4.78, 5) is 56.7. The maximum atomic E-state index is 12.0. The maximum Gasteiger partial charge on any atom is 0.335 e. The van der Waals surface area contributed by atoms with Gasteiger partial charge in [-0.05, 0) is 5.18 Å². The number of esters is 2. The van der Waals surface area contributed by atoms with E-state index in [9.17, 15) is 29.2 Å². The second-order valence-corrected chi connectivity index (χ2v) is 3.68. The third-order valence-corrected chi connectivity index (χ3v) is 2.50. The molecule has 0 saturated carbocycles. The molecule has 1 aromatic rings. The molecule has 0 fully saturated rings. The number of aromatic nitrogens is 2. The Morgan fingerprint density at radius 3 is 2.00 bits per heavy atom. The van der Waals surface area contributed by atoms with Gasteiger partial charge in [-0.25, -0.2) is 9.36 Å². The summed E-state index contributed by atoms with van der Waals surface area (Å²) in [6, 6.07) is 0. The number of hydrogen-bond acceptors (Lipinski definition) is 9. The maximum absolute atomic E-state index is 12.0. The number of hydrogen-bond donors (Lipinski definition) is 1. The van der Waals surface area contributed by atoms with Gasteiger partial charge >= 0.3 is 17.6 Å². The number of methoxy groups -OCH3 is 2. The Kier molecular flexibility index (Phi) is 4.94. The molecule has 1 heterocycles. The van der Waals surface area contributed by atoms with E-state index in [0.29, 0.717) is 9.13 Å². The lowest BCUT2D eigenvalue weighted by Crippen LogP contribution is -2.42. The van der Waals surface area contributed by atoms with Crippen molar-refractivity contribution < 1.29 is 24.2 Å². The molecule has 11 heteroatoms. The summed E-state index contributed by atoms with van der Waals surface area (Å²) < 4.78 is 9.31. The van der Waals surface area contributed by atoms with Gasteiger partial charge in [-0.3, -0.25) is 19.0 Å². The Morgan fingerprint density at radius 1 is 1.10 bits per heavy atom. The van der Waals surface area contributed by atoms with E-state index >= 15 is 0 Å². The van der Waals surface area contributed by atoms with Crippen LogP contribution in [0.4, 0.5) is 5.69 Å². The van der Waals surface area contributed by atoms with Crippen LogP contribution in [0, 0.1) is 4.91 Å².